The molecule has 1 aliphatic heterocycles. The number of carbonyl (C=O) groups is 1. The van der Waals surface area contributed by atoms with E-state index in [0.29, 0.717) is 25.7 Å². The van der Waals surface area contributed by atoms with Crippen molar-refractivity contribution < 1.29 is 9.53 Å². The molecule has 0 spiro atoms. The zero-order chi connectivity index (χ0) is 13.1. The van der Waals surface area contributed by atoms with Gasteiger partial charge in [-0.25, -0.2) is 0 Å². The first-order valence-electron chi connectivity index (χ1n) is 6.43. The highest BCUT2D eigenvalue weighted by atomic mass is 16.5. The van der Waals surface area contributed by atoms with Gasteiger partial charge in [-0.2, -0.15) is 5.10 Å². The Morgan fingerprint density at radius 3 is 3.00 bits per heavy atom. The molecule has 5 nitrogen and oxygen atoms in total. The topological polar surface area (TPSA) is 56.1 Å². The second-order valence-corrected chi connectivity index (χ2v) is 5.06. The van der Waals surface area contributed by atoms with E-state index >= 15 is 0 Å². The van der Waals surface area contributed by atoms with Crippen LogP contribution in [0, 0.1) is 5.92 Å². The summed E-state index contributed by atoms with van der Waals surface area (Å²) in [5, 5.41) is 7.54. The Hall–Kier alpha value is -1.20. The number of rotatable bonds is 5. The third kappa shape index (κ3) is 2.79. The number of nitrogens with one attached hydrogen (secondary N) is 1. The van der Waals surface area contributed by atoms with E-state index in [1.807, 2.05) is 24.0 Å². The number of ether oxygens (including phenoxy) is 1. The first kappa shape index (κ1) is 13.2. The molecule has 100 valence electrons. The van der Waals surface area contributed by atoms with Crippen LogP contribution in [0.5, 0.6) is 0 Å². The summed E-state index contributed by atoms with van der Waals surface area (Å²) in [7, 11) is 1.87. The van der Waals surface area contributed by atoms with Gasteiger partial charge in [-0.3, -0.25) is 9.48 Å². The Bertz CT molecular complexity index is 414. The molecule has 0 amide bonds. The highest BCUT2D eigenvalue weighted by Crippen LogP contribution is 2.17. The fourth-order valence-electron chi connectivity index (χ4n) is 2.23. The average molecular weight is 251 g/mol. The van der Waals surface area contributed by atoms with Crippen molar-refractivity contribution in [2.24, 2.45) is 5.92 Å². The number of likely N-dealkylation sites (N-methyl/N-ethyl adjacent to an activating group) is 1. The first-order chi connectivity index (χ1) is 8.61. The quantitative estimate of drug-likeness (QED) is 0.841. The van der Waals surface area contributed by atoms with Crippen LogP contribution >= 0.6 is 0 Å². The number of hydrogen-bond donors (Lipinski definition) is 1. The van der Waals surface area contributed by atoms with Gasteiger partial charge in [0.2, 0.25) is 0 Å². The third-order valence-corrected chi connectivity index (χ3v) is 3.41. The Balaban J connectivity index is 1.98. The molecule has 18 heavy (non-hydrogen) atoms. The van der Waals surface area contributed by atoms with Gasteiger partial charge in [0.05, 0.1) is 31.2 Å². The average Bonchev–Trinajstić information content (AvgIpc) is 2.96. The summed E-state index contributed by atoms with van der Waals surface area (Å²) in [6, 6.07) is 2.39. The number of Topliss-reactive ketones (excluding diaryl/α,β-unsaturated/α-hetero) is 1. The van der Waals surface area contributed by atoms with Crippen LogP contribution in [0.2, 0.25) is 0 Å². The monoisotopic (exact) mass is 251 g/mol. The van der Waals surface area contributed by atoms with Gasteiger partial charge in [-0.1, -0.05) is 0 Å². The number of carbonyl (C=O) groups excluding carboxylic acids is 1. The molecule has 0 aliphatic carbocycles. The van der Waals surface area contributed by atoms with Crippen molar-refractivity contribution in [3.05, 3.63) is 18.0 Å². The van der Waals surface area contributed by atoms with Crippen LogP contribution in [0.3, 0.4) is 0 Å². The normalized spacial score (nSPS) is 23.8. The molecule has 2 atom stereocenters. The number of nitrogens with zero attached hydrogens (tertiary/aromatic N) is 2. The van der Waals surface area contributed by atoms with Gasteiger partial charge in [0, 0.05) is 18.3 Å². The molecule has 0 aromatic carbocycles. The molecule has 2 heterocycles. The zero-order valence-corrected chi connectivity index (χ0v) is 11.2. The van der Waals surface area contributed by atoms with Crippen molar-refractivity contribution in [2.75, 3.05) is 20.3 Å². The minimum absolute atomic E-state index is 0.0424. The lowest BCUT2D eigenvalue weighted by atomic mass is 9.95. The molecule has 0 bridgehead atoms. The van der Waals surface area contributed by atoms with Crippen molar-refractivity contribution in [1.29, 1.82) is 0 Å². The molecule has 1 aliphatic rings. The summed E-state index contributed by atoms with van der Waals surface area (Å²) < 4.78 is 7.23. The highest BCUT2D eigenvalue weighted by molar-refractivity contribution is 5.84. The number of aromatic nitrogens is 2. The number of ketones is 1. The molecule has 1 fully saturated rings. The molecule has 1 aromatic rings. The van der Waals surface area contributed by atoms with Crippen molar-refractivity contribution in [1.82, 2.24) is 15.1 Å². The van der Waals surface area contributed by atoms with E-state index in [2.05, 4.69) is 24.3 Å². The third-order valence-electron chi connectivity index (χ3n) is 3.41. The zero-order valence-electron chi connectivity index (χ0n) is 11.2. The maximum atomic E-state index is 12.2. The fourth-order valence-corrected chi connectivity index (χ4v) is 2.23. The minimum Gasteiger partial charge on any atom is -0.379 e. The predicted molar refractivity (Wildman–Crippen MR) is 68.5 cm³/mol. The van der Waals surface area contributed by atoms with Gasteiger partial charge in [0.1, 0.15) is 5.78 Å². The molecular weight excluding hydrogens is 230 g/mol. The molecule has 1 saturated heterocycles. The Morgan fingerprint density at radius 1 is 1.61 bits per heavy atom. The molecule has 0 saturated carbocycles. The van der Waals surface area contributed by atoms with E-state index in [1.165, 1.54) is 0 Å². The van der Waals surface area contributed by atoms with Crippen LogP contribution in [0.25, 0.3) is 0 Å². The van der Waals surface area contributed by atoms with Gasteiger partial charge in [0.25, 0.3) is 0 Å². The number of hydrogen-bond acceptors (Lipinski definition) is 4. The van der Waals surface area contributed by atoms with Crippen LogP contribution in [0.4, 0.5) is 0 Å². The second-order valence-electron chi connectivity index (χ2n) is 5.06. The van der Waals surface area contributed by atoms with E-state index in [0.717, 1.165) is 5.69 Å². The summed E-state index contributed by atoms with van der Waals surface area (Å²) in [6.07, 6.45) is 2.32. The highest BCUT2D eigenvalue weighted by Gasteiger charge is 2.32. The minimum atomic E-state index is -0.0424. The lowest BCUT2D eigenvalue weighted by molar-refractivity contribution is -0.122. The van der Waals surface area contributed by atoms with Crippen molar-refractivity contribution in [3.8, 4) is 0 Å². The molecule has 1 aromatic heterocycles. The predicted octanol–water partition coefficient (Wildman–Crippen LogP) is 0.810. The van der Waals surface area contributed by atoms with Gasteiger partial charge >= 0.3 is 0 Å². The Kier molecular flexibility index (Phi) is 4.14. The maximum absolute atomic E-state index is 12.2. The second kappa shape index (κ2) is 5.63. The van der Waals surface area contributed by atoms with E-state index < -0.39 is 0 Å². The summed E-state index contributed by atoms with van der Waals surface area (Å²) in [6.45, 7) is 5.28. The molecule has 2 rings (SSSR count). The standard InChI is InChI=1S/C13H21N3O2/c1-9(2)16-5-4-10(15-16)6-13(17)11-7-18-8-12(11)14-3/h4-5,9,11-12,14H,6-8H2,1-3H3. The SMILES string of the molecule is CNC1COCC1C(=O)Cc1ccn(C(C)C)n1. The molecular formula is C13H21N3O2. The van der Waals surface area contributed by atoms with Crippen LogP contribution in [0.15, 0.2) is 12.3 Å². The fraction of sp³-hybridized carbons (Fsp3) is 0.692. The lowest BCUT2D eigenvalue weighted by Crippen LogP contribution is -2.37. The molecule has 2 unspecified atom stereocenters. The summed E-state index contributed by atoms with van der Waals surface area (Å²) in [4.78, 5) is 12.2. The van der Waals surface area contributed by atoms with Gasteiger partial charge in [0.15, 0.2) is 0 Å². The molecule has 5 heteroatoms. The first-order valence-corrected chi connectivity index (χ1v) is 6.43. The van der Waals surface area contributed by atoms with Gasteiger partial charge < -0.3 is 10.1 Å². The van der Waals surface area contributed by atoms with Crippen molar-refractivity contribution in [3.63, 3.8) is 0 Å². The van der Waals surface area contributed by atoms with Crippen LogP contribution in [-0.4, -0.2) is 41.9 Å². The lowest BCUT2D eigenvalue weighted by Gasteiger charge is -2.14. The van der Waals surface area contributed by atoms with E-state index in [-0.39, 0.29) is 17.7 Å². The molecule has 1 N–H and O–H groups in total. The summed E-state index contributed by atoms with van der Waals surface area (Å²) in [5.74, 6) is 0.167. The van der Waals surface area contributed by atoms with Crippen molar-refractivity contribution >= 4 is 5.78 Å². The Labute approximate surface area is 108 Å². The van der Waals surface area contributed by atoms with Crippen LogP contribution in [0.1, 0.15) is 25.6 Å². The maximum Gasteiger partial charge on any atom is 0.145 e. The van der Waals surface area contributed by atoms with Crippen LogP contribution < -0.4 is 5.32 Å². The largest absolute Gasteiger partial charge is 0.379 e. The summed E-state index contributed by atoms with van der Waals surface area (Å²) in [5.41, 5.74) is 0.843. The van der Waals surface area contributed by atoms with Gasteiger partial charge in [-0.15, -0.1) is 0 Å². The smallest absolute Gasteiger partial charge is 0.145 e. The Morgan fingerprint density at radius 2 is 2.39 bits per heavy atom. The van der Waals surface area contributed by atoms with Gasteiger partial charge in [-0.05, 0) is 27.0 Å². The van der Waals surface area contributed by atoms with Crippen molar-refractivity contribution in [2.45, 2.75) is 32.4 Å². The van der Waals surface area contributed by atoms with E-state index in [1.54, 1.807) is 0 Å². The van der Waals surface area contributed by atoms with E-state index in [9.17, 15) is 4.79 Å². The van der Waals surface area contributed by atoms with Crippen LogP contribution in [-0.2, 0) is 16.0 Å². The molecule has 0 radical (unpaired) electrons. The summed E-state index contributed by atoms with van der Waals surface area (Å²) >= 11 is 0. The van der Waals surface area contributed by atoms with E-state index in [4.69, 9.17) is 4.74 Å².